The van der Waals surface area contributed by atoms with Crippen molar-refractivity contribution in [2.24, 2.45) is 11.8 Å². The topological polar surface area (TPSA) is 105 Å². The van der Waals surface area contributed by atoms with Crippen molar-refractivity contribution in [2.45, 2.75) is 62.9 Å². The van der Waals surface area contributed by atoms with Gasteiger partial charge in [0.25, 0.3) is 0 Å². The lowest BCUT2D eigenvalue weighted by atomic mass is 9.98. The van der Waals surface area contributed by atoms with Crippen molar-refractivity contribution in [3.63, 3.8) is 0 Å². The van der Waals surface area contributed by atoms with Gasteiger partial charge in [0.2, 0.25) is 5.91 Å². The van der Waals surface area contributed by atoms with Crippen molar-refractivity contribution in [2.75, 3.05) is 6.61 Å². The molecule has 3 N–H and O–H groups in total. The van der Waals surface area contributed by atoms with E-state index in [0.717, 1.165) is 43.2 Å². The van der Waals surface area contributed by atoms with E-state index in [1.165, 1.54) is 11.1 Å². The first-order chi connectivity index (χ1) is 17.0. The summed E-state index contributed by atoms with van der Waals surface area (Å²) < 4.78 is 5.68. The van der Waals surface area contributed by atoms with Crippen LogP contribution in [-0.4, -0.2) is 41.8 Å². The van der Waals surface area contributed by atoms with Crippen LogP contribution in [0.2, 0.25) is 0 Å². The van der Waals surface area contributed by atoms with Gasteiger partial charge < -0.3 is 20.5 Å². The molecule has 0 spiro atoms. The van der Waals surface area contributed by atoms with Crippen LogP contribution < -0.4 is 10.6 Å². The number of carbonyl (C=O) groups is 3. The van der Waals surface area contributed by atoms with Gasteiger partial charge in [0, 0.05) is 24.4 Å². The predicted molar refractivity (Wildman–Crippen MR) is 131 cm³/mol. The van der Waals surface area contributed by atoms with Crippen molar-refractivity contribution in [3.8, 4) is 11.1 Å². The zero-order chi connectivity index (χ0) is 24.4. The maximum Gasteiger partial charge on any atom is 0.407 e. The van der Waals surface area contributed by atoms with Crippen molar-refractivity contribution < 1.29 is 24.2 Å². The molecule has 184 valence electrons. The second-order valence-electron chi connectivity index (χ2n) is 10.1. The molecule has 0 aliphatic heterocycles. The first-order valence-corrected chi connectivity index (χ1v) is 12.6. The molecule has 35 heavy (non-hydrogen) atoms. The molecule has 7 nitrogen and oxygen atoms in total. The SMILES string of the molecule is O=C(O)CC1CCCC1NC(=O)CC(NC(=O)OCC1c2ccccc2-c2ccccc21)C1CC1. The van der Waals surface area contributed by atoms with E-state index in [-0.39, 0.29) is 55.2 Å². The second kappa shape index (κ2) is 10.1. The van der Waals surface area contributed by atoms with E-state index in [1.807, 2.05) is 24.3 Å². The summed E-state index contributed by atoms with van der Waals surface area (Å²) in [4.78, 5) is 36.6. The fraction of sp³-hybridized carbons (Fsp3) is 0.464. The van der Waals surface area contributed by atoms with Gasteiger partial charge in [0.05, 0.1) is 6.42 Å². The first kappa shape index (κ1) is 23.4. The van der Waals surface area contributed by atoms with Crippen LogP contribution in [0, 0.1) is 11.8 Å². The van der Waals surface area contributed by atoms with Gasteiger partial charge in [0.15, 0.2) is 0 Å². The molecular formula is C28H32N2O5. The Labute approximate surface area is 205 Å². The highest BCUT2D eigenvalue weighted by atomic mass is 16.5. The Morgan fingerprint density at radius 2 is 1.60 bits per heavy atom. The highest BCUT2D eigenvalue weighted by Gasteiger charge is 2.36. The summed E-state index contributed by atoms with van der Waals surface area (Å²) in [5.74, 6) is -0.720. The number of ether oxygens (including phenoxy) is 1. The lowest BCUT2D eigenvalue weighted by molar-refractivity contribution is -0.138. The van der Waals surface area contributed by atoms with Gasteiger partial charge in [-0.15, -0.1) is 0 Å². The quantitative estimate of drug-likeness (QED) is 0.496. The largest absolute Gasteiger partial charge is 0.481 e. The molecule has 0 aromatic heterocycles. The minimum atomic E-state index is -0.830. The Morgan fingerprint density at radius 3 is 2.23 bits per heavy atom. The molecule has 0 heterocycles. The molecule has 2 aromatic rings. The van der Waals surface area contributed by atoms with E-state index in [0.29, 0.717) is 0 Å². The Hall–Kier alpha value is -3.35. The van der Waals surface area contributed by atoms with Gasteiger partial charge in [-0.1, -0.05) is 55.0 Å². The zero-order valence-corrected chi connectivity index (χ0v) is 19.7. The maximum absolute atomic E-state index is 12.7. The Bertz CT molecular complexity index is 1070. The number of benzene rings is 2. The van der Waals surface area contributed by atoms with Gasteiger partial charge in [-0.3, -0.25) is 9.59 Å². The van der Waals surface area contributed by atoms with E-state index in [4.69, 9.17) is 9.84 Å². The third-order valence-corrected chi connectivity index (χ3v) is 7.69. The smallest absolute Gasteiger partial charge is 0.407 e. The normalized spacial score (nSPS) is 21.6. The number of nitrogens with one attached hydrogen (secondary N) is 2. The van der Waals surface area contributed by atoms with Crippen LogP contribution in [0.15, 0.2) is 48.5 Å². The summed E-state index contributed by atoms with van der Waals surface area (Å²) in [7, 11) is 0. The molecule has 0 radical (unpaired) electrons. The number of fused-ring (bicyclic) bond motifs is 3. The number of carbonyl (C=O) groups excluding carboxylic acids is 2. The summed E-state index contributed by atoms with van der Waals surface area (Å²) in [6.45, 7) is 0.238. The Balaban J connectivity index is 1.16. The van der Waals surface area contributed by atoms with E-state index >= 15 is 0 Å². The van der Waals surface area contributed by atoms with E-state index in [1.54, 1.807) is 0 Å². The van der Waals surface area contributed by atoms with Crippen LogP contribution in [0.5, 0.6) is 0 Å². The van der Waals surface area contributed by atoms with Crippen molar-refractivity contribution >= 4 is 18.0 Å². The molecule has 7 heteroatoms. The van der Waals surface area contributed by atoms with Gasteiger partial charge in [-0.2, -0.15) is 0 Å². The van der Waals surface area contributed by atoms with Crippen molar-refractivity contribution in [1.29, 1.82) is 0 Å². The third-order valence-electron chi connectivity index (χ3n) is 7.69. The number of amides is 2. The van der Waals surface area contributed by atoms with Crippen molar-refractivity contribution in [1.82, 2.24) is 10.6 Å². The summed E-state index contributed by atoms with van der Waals surface area (Å²) in [6, 6.07) is 16.0. The minimum Gasteiger partial charge on any atom is -0.481 e. The minimum absolute atomic E-state index is 0.00985. The molecule has 3 aliphatic rings. The molecule has 0 bridgehead atoms. The van der Waals surface area contributed by atoms with E-state index in [9.17, 15) is 14.4 Å². The number of rotatable bonds is 9. The lowest BCUT2D eigenvalue weighted by Crippen LogP contribution is -2.44. The predicted octanol–water partition coefficient (Wildman–Crippen LogP) is 4.45. The van der Waals surface area contributed by atoms with Gasteiger partial charge in [-0.25, -0.2) is 4.79 Å². The maximum atomic E-state index is 12.7. The first-order valence-electron chi connectivity index (χ1n) is 12.6. The van der Waals surface area contributed by atoms with Crippen molar-refractivity contribution in [3.05, 3.63) is 59.7 Å². The van der Waals surface area contributed by atoms with Gasteiger partial charge in [0.1, 0.15) is 6.61 Å². The Morgan fingerprint density at radius 1 is 0.943 bits per heavy atom. The number of alkyl carbamates (subject to hydrolysis) is 1. The number of hydrogen-bond acceptors (Lipinski definition) is 4. The van der Waals surface area contributed by atoms with E-state index < -0.39 is 12.1 Å². The third kappa shape index (κ3) is 5.34. The van der Waals surface area contributed by atoms with Crippen LogP contribution in [0.4, 0.5) is 4.79 Å². The number of carboxylic acid groups (broad SMARTS) is 1. The number of hydrogen-bond donors (Lipinski definition) is 3. The van der Waals surface area contributed by atoms with E-state index in [2.05, 4.69) is 34.9 Å². The Kier molecular flexibility index (Phi) is 6.75. The van der Waals surface area contributed by atoms with Gasteiger partial charge >= 0.3 is 12.1 Å². The molecule has 5 rings (SSSR count). The average Bonchev–Trinajstić information content (AvgIpc) is 3.53. The summed E-state index contributed by atoms with van der Waals surface area (Å²) in [5.41, 5.74) is 4.68. The number of carboxylic acids is 1. The van der Waals surface area contributed by atoms with Crippen LogP contribution in [0.25, 0.3) is 11.1 Å². The highest BCUT2D eigenvalue weighted by molar-refractivity contribution is 5.80. The number of aliphatic carboxylic acids is 1. The van der Waals surface area contributed by atoms with Crippen LogP contribution >= 0.6 is 0 Å². The molecule has 3 atom stereocenters. The van der Waals surface area contributed by atoms with Crippen LogP contribution in [0.3, 0.4) is 0 Å². The van der Waals surface area contributed by atoms with Crippen LogP contribution in [-0.2, 0) is 14.3 Å². The molecular weight excluding hydrogens is 444 g/mol. The fourth-order valence-corrected chi connectivity index (χ4v) is 5.79. The second-order valence-corrected chi connectivity index (χ2v) is 10.1. The lowest BCUT2D eigenvalue weighted by Gasteiger charge is -2.23. The monoisotopic (exact) mass is 476 g/mol. The molecule has 2 amide bonds. The van der Waals surface area contributed by atoms with Crippen LogP contribution in [0.1, 0.15) is 62.0 Å². The highest BCUT2D eigenvalue weighted by Crippen LogP contribution is 2.44. The summed E-state index contributed by atoms with van der Waals surface area (Å²) in [6.07, 6.45) is 4.27. The zero-order valence-electron chi connectivity index (χ0n) is 19.7. The molecule has 2 saturated carbocycles. The molecule has 0 saturated heterocycles. The summed E-state index contributed by atoms with van der Waals surface area (Å²) >= 11 is 0. The molecule has 3 aliphatic carbocycles. The fourth-order valence-electron chi connectivity index (χ4n) is 5.79. The standard InChI is InChI=1S/C28H32N2O5/c31-26(29-24-11-5-6-18(24)14-27(32)33)15-25(17-12-13-17)30-28(34)35-16-23-21-9-3-1-7-19(21)20-8-2-4-10-22(20)23/h1-4,7-10,17-18,23-25H,5-6,11-16H2,(H,29,31)(H,30,34)(H,32,33). The molecule has 2 aromatic carbocycles. The molecule has 2 fully saturated rings. The van der Waals surface area contributed by atoms with Gasteiger partial charge in [-0.05, 0) is 59.8 Å². The molecule has 3 unspecified atom stereocenters. The summed E-state index contributed by atoms with van der Waals surface area (Å²) in [5, 5.41) is 15.1. The average molecular weight is 477 g/mol.